The van der Waals surface area contributed by atoms with Crippen molar-refractivity contribution in [2.75, 3.05) is 13.7 Å². The summed E-state index contributed by atoms with van der Waals surface area (Å²) in [5.41, 5.74) is 2.46. The third-order valence-corrected chi connectivity index (χ3v) is 3.81. The minimum absolute atomic E-state index is 0.451. The van der Waals surface area contributed by atoms with Crippen LogP contribution in [0.4, 0.5) is 0 Å². The Kier molecular flexibility index (Phi) is 3.51. The number of para-hydroxylation sites is 1. The Hall–Kier alpha value is -1.81. The summed E-state index contributed by atoms with van der Waals surface area (Å²) < 4.78 is 5.43. The third kappa shape index (κ3) is 2.49. The van der Waals surface area contributed by atoms with Crippen LogP contribution in [0.25, 0.3) is 0 Å². The number of H-pyrrole nitrogens is 1. The average Bonchev–Trinajstić information content (AvgIpc) is 3.09. The van der Waals surface area contributed by atoms with Crippen LogP contribution in [0.15, 0.2) is 36.5 Å². The van der Waals surface area contributed by atoms with Crippen molar-refractivity contribution >= 4 is 0 Å². The molecule has 0 amide bonds. The lowest BCUT2D eigenvalue weighted by molar-refractivity contribution is 0.240. The van der Waals surface area contributed by atoms with E-state index in [1.54, 1.807) is 7.11 Å². The van der Waals surface area contributed by atoms with E-state index < -0.39 is 0 Å². The quantitative estimate of drug-likeness (QED) is 0.915. The molecule has 1 saturated heterocycles. The highest BCUT2D eigenvalue weighted by Crippen LogP contribution is 2.33. The first-order chi connectivity index (χ1) is 9.38. The normalized spacial score (nSPS) is 19.7. The molecule has 1 aromatic heterocycles. The van der Waals surface area contributed by atoms with Gasteiger partial charge < -0.3 is 4.74 Å². The van der Waals surface area contributed by atoms with E-state index in [9.17, 15) is 0 Å². The molecule has 0 saturated carbocycles. The van der Waals surface area contributed by atoms with E-state index in [0.717, 1.165) is 18.8 Å². The molecular formula is C15H19N3O. The number of methoxy groups -OCH3 is 1. The monoisotopic (exact) mass is 257 g/mol. The van der Waals surface area contributed by atoms with Crippen LogP contribution in [0, 0.1) is 0 Å². The fraction of sp³-hybridized carbons (Fsp3) is 0.400. The summed E-state index contributed by atoms with van der Waals surface area (Å²) in [4.78, 5) is 2.49. The van der Waals surface area contributed by atoms with Crippen molar-refractivity contribution in [2.24, 2.45) is 0 Å². The smallest absolute Gasteiger partial charge is 0.123 e. The molecule has 2 aromatic rings. The zero-order valence-corrected chi connectivity index (χ0v) is 11.2. The van der Waals surface area contributed by atoms with Gasteiger partial charge in [-0.3, -0.25) is 10.00 Å². The molecule has 100 valence electrons. The molecule has 1 N–H and O–H groups in total. The number of nitrogens with one attached hydrogen (secondary N) is 1. The molecule has 0 spiro atoms. The second-order valence-electron chi connectivity index (χ2n) is 4.95. The number of nitrogens with zero attached hydrogens (tertiary/aromatic N) is 2. The highest BCUT2D eigenvalue weighted by Gasteiger charge is 2.27. The van der Waals surface area contributed by atoms with Gasteiger partial charge >= 0.3 is 0 Å². The van der Waals surface area contributed by atoms with Gasteiger partial charge in [0.15, 0.2) is 0 Å². The van der Waals surface area contributed by atoms with Gasteiger partial charge in [-0.05, 0) is 31.5 Å². The number of benzene rings is 1. The molecule has 19 heavy (non-hydrogen) atoms. The molecule has 0 radical (unpaired) electrons. The van der Waals surface area contributed by atoms with Crippen LogP contribution in [-0.4, -0.2) is 28.8 Å². The van der Waals surface area contributed by atoms with Crippen LogP contribution in [0.3, 0.4) is 0 Å². The summed E-state index contributed by atoms with van der Waals surface area (Å²) in [7, 11) is 1.73. The van der Waals surface area contributed by atoms with Gasteiger partial charge in [-0.1, -0.05) is 18.2 Å². The van der Waals surface area contributed by atoms with Crippen LogP contribution in [-0.2, 0) is 6.54 Å². The van der Waals surface area contributed by atoms with E-state index >= 15 is 0 Å². The van der Waals surface area contributed by atoms with Gasteiger partial charge in [0.2, 0.25) is 0 Å². The Morgan fingerprint density at radius 1 is 1.37 bits per heavy atom. The highest BCUT2D eigenvalue weighted by atomic mass is 16.5. The maximum absolute atomic E-state index is 5.43. The van der Waals surface area contributed by atoms with Crippen molar-refractivity contribution in [1.82, 2.24) is 15.1 Å². The maximum Gasteiger partial charge on any atom is 0.123 e. The number of ether oxygens (including phenoxy) is 1. The van der Waals surface area contributed by atoms with Crippen LogP contribution < -0.4 is 4.74 Å². The summed E-state index contributed by atoms with van der Waals surface area (Å²) in [6, 6.07) is 10.8. The fourth-order valence-electron chi connectivity index (χ4n) is 2.87. The number of hydrogen-bond acceptors (Lipinski definition) is 3. The van der Waals surface area contributed by atoms with Crippen molar-refractivity contribution in [3.63, 3.8) is 0 Å². The van der Waals surface area contributed by atoms with Gasteiger partial charge in [-0.25, -0.2) is 0 Å². The number of aromatic nitrogens is 2. The zero-order chi connectivity index (χ0) is 13.1. The summed E-state index contributed by atoms with van der Waals surface area (Å²) in [6.07, 6.45) is 4.26. The molecule has 1 atom stereocenters. The Bertz CT molecular complexity index is 524. The summed E-state index contributed by atoms with van der Waals surface area (Å²) in [5, 5.41) is 7.17. The molecule has 4 nitrogen and oxygen atoms in total. The second kappa shape index (κ2) is 5.45. The van der Waals surface area contributed by atoms with Crippen molar-refractivity contribution in [3.8, 4) is 5.75 Å². The predicted molar refractivity (Wildman–Crippen MR) is 74.0 cm³/mol. The van der Waals surface area contributed by atoms with E-state index in [4.69, 9.17) is 4.74 Å². The molecule has 0 unspecified atom stereocenters. The first-order valence-electron chi connectivity index (χ1n) is 6.73. The van der Waals surface area contributed by atoms with Gasteiger partial charge in [0, 0.05) is 18.3 Å². The maximum atomic E-state index is 5.43. The largest absolute Gasteiger partial charge is 0.496 e. The highest BCUT2D eigenvalue weighted by molar-refractivity contribution is 5.33. The van der Waals surface area contributed by atoms with Crippen LogP contribution in [0.5, 0.6) is 5.75 Å². The molecule has 1 fully saturated rings. The SMILES string of the molecule is COc1ccccc1CN1CCC[C@H]1c1ccn[nH]1. The molecule has 1 aromatic carbocycles. The van der Waals surface area contributed by atoms with Gasteiger partial charge in [-0.2, -0.15) is 5.10 Å². The van der Waals surface area contributed by atoms with Crippen LogP contribution in [0.1, 0.15) is 30.1 Å². The van der Waals surface area contributed by atoms with E-state index in [1.807, 2.05) is 18.3 Å². The van der Waals surface area contributed by atoms with Crippen molar-refractivity contribution in [3.05, 3.63) is 47.8 Å². The second-order valence-corrected chi connectivity index (χ2v) is 4.95. The van der Waals surface area contributed by atoms with Gasteiger partial charge in [0.25, 0.3) is 0 Å². The van der Waals surface area contributed by atoms with E-state index in [2.05, 4.69) is 33.3 Å². The molecule has 1 aliphatic rings. The number of rotatable bonds is 4. The first kappa shape index (κ1) is 12.2. The Balaban J connectivity index is 1.78. The first-order valence-corrected chi connectivity index (χ1v) is 6.73. The van der Waals surface area contributed by atoms with Crippen molar-refractivity contribution < 1.29 is 4.74 Å². The Morgan fingerprint density at radius 2 is 2.26 bits per heavy atom. The van der Waals surface area contributed by atoms with Crippen molar-refractivity contribution in [1.29, 1.82) is 0 Å². The van der Waals surface area contributed by atoms with Crippen LogP contribution >= 0.6 is 0 Å². The van der Waals surface area contributed by atoms with Gasteiger partial charge in [0.1, 0.15) is 5.75 Å². The molecule has 4 heteroatoms. The summed E-state index contributed by atoms with van der Waals surface area (Å²) in [5.74, 6) is 0.970. The molecule has 0 bridgehead atoms. The van der Waals surface area contributed by atoms with E-state index in [0.29, 0.717) is 6.04 Å². The zero-order valence-electron chi connectivity index (χ0n) is 11.2. The number of likely N-dealkylation sites (tertiary alicyclic amines) is 1. The molecule has 2 heterocycles. The Morgan fingerprint density at radius 3 is 3.05 bits per heavy atom. The lowest BCUT2D eigenvalue weighted by atomic mass is 10.1. The van der Waals surface area contributed by atoms with Crippen LogP contribution in [0.2, 0.25) is 0 Å². The lowest BCUT2D eigenvalue weighted by Gasteiger charge is -2.24. The van der Waals surface area contributed by atoms with Gasteiger partial charge in [0.05, 0.1) is 18.8 Å². The summed E-state index contributed by atoms with van der Waals surface area (Å²) >= 11 is 0. The standard InChI is InChI=1S/C15H19N3O/c1-19-15-7-3-2-5-12(15)11-18-10-4-6-14(18)13-8-9-16-17-13/h2-3,5,7-9,14H,4,6,10-11H2,1H3,(H,16,17)/t14-/m0/s1. The Labute approximate surface area is 113 Å². The van der Waals surface area contributed by atoms with Gasteiger partial charge in [-0.15, -0.1) is 0 Å². The topological polar surface area (TPSA) is 41.1 Å². The number of hydrogen-bond donors (Lipinski definition) is 1. The summed E-state index contributed by atoms with van der Waals surface area (Å²) in [6.45, 7) is 2.05. The van der Waals surface area contributed by atoms with Crippen molar-refractivity contribution in [2.45, 2.75) is 25.4 Å². The fourth-order valence-corrected chi connectivity index (χ4v) is 2.87. The minimum atomic E-state index is 0.451. The average molecular weight is 257 g/mol. The molecular weight excluding hydrogens is 238 g/mol. The predicted octanol–water partition coefficient (Wildman–Crippen LogP) is 2.76. The third-order valence-electron chi connectivity index (χ3n) is 3.81. The molecule has 0 aliphatic carbocycles. The minimum Gasteiger partial charge on any atom is -0.496 e. The molecule has 3 rings (SSSR count). The van der Waals surface area contributed by atoms with E-state index in [1.165, 1.54) is 24.1 Å². The molecule has 1 aliphatic heterocycles. The number of aromatic amines is 1. The van der Waals surface area contributed by atoms with E-state index in [-0.39, 0.29) is 0 Å². The lowest BCUT2D eigenvalue weighted by Crippen LogP contribution is -2.23.